The fourth-order valence-corrected chi connectivity index (χ4v) is 4.56. The summed E-state index contributed by atoms with van der Waals surface area (Å²) < 4.78 is 17.2. The first-order chi connectivity index (χ1) is 16.5. The number of rotatable bonds is 8. The number of nitrogens with one attached hydrogen (secondary N) is 2. The zero-order valence-electron chi connectivity index (χ0n) is 19.8. The van der Waals surface area contributed by atoms with Crippen molar-refractivity contribution in [3.05, 3.63) is 70.9 Å². The summed E-state index contributed by atoms with van der Waals surface area (Å²) in [6, 6.07) is 14.3. The van der Waals surface area contributed by atoms with Crippen LogP contribution >= 0.6 is 0 Å². The molecule has 2 amide bonds. The molecule has 180 valence electrons. The highest BCUT2D eigenvalue weighted by atomic mass is 16.5. The highest BCUT2D eigenvalue weighted by molar-refractivity contribution is 5.95. The maximum atomic E-state index is 13.1. The summed E-state index contributed by atoms with van der Waals surface area (Å²) in [5.41, 5.74) is 2.64. The second-order valence-corrected chi connectivity index (χ2v) is 8.86. The third-order valence-electron chi connectivity index (χ3n) is 6.42. The quantitative estimate of drug-likeness (QED) is 0.536. The first kappa shape index (κ1) is 23.7. The monoisotopic (exact) mass is 464 g/mol. The van der Waals surface area contributed by atoms with Crippen LogP contribution in [0.25, 0.3) is 0 Å². The lowest BCUT2D eigenvalue weighted by molar-refractivity contribution is -0.141. The molecule has 0 radical (unpaired) electrons. The Morgan fingerprint density at radius 2 is 1.79 bits per heavy atom. The Hall–Kier alpha value is -3.48. The summed E-state index contributed by atoms with van der Waals surface area (Å²) in [6.07, 6.45) is 5.79. The van der Waals surface area contributed by atoms with Crippen molar-refractivity contribution in [3.63, 3.8) is 0 Å². The minimum atomic E-state index is -0.648. The Bertz CT molecular complexity index is 1040. The molecule has 2 aromatic carbocycles. The molecule has 1 heterocycles. The lowest BCUT2D eigenvalue weighted by Gasteiger charge is -2.29. The summed E-state index contributed by atoms with van der Waals surface area (Å²) >= 11 is 0. The molecule has 1 aliphatic heterocycles. The van der Waals surface area contributed by atoms with E-state index < -0.39 is 12.0 Å². The van der Waals surface area contributed by atoms with Gasteiger partial charge in [0.15, 0.2) is 11.5 Å². The summed E-state index contributed by atoms with van der Waals surface area (Å²) in [6.45, 7) is 2.53. The van der Waals surface area contributed by atoms with E-state index in [1.54, 1.807) is 26.2 Å². The SMILES string of the molecule is COc1cc([C@H]2NC(=O)NC(C)=C2C(=O)OCC2CCCCC2)ccc1OCc1ccccc1. The zero-order chi connectivity index (χ0) is 23.9. The number of ether oxygens (including phenoxy) is 3. The van der Waals surface area contributed by atoms with E-state index in [9.17, 15) is 9.59 Å². The second kappa shape index (κ2) is 11.1. The second-order valence-electron chi connectivity index (χ2n) is 8.86. The molecule has 1 atom stereocenters. The van der Waals surface area contributed by atoms with Crippen molar-refractivity contribution >= 4 is 12.0 Å². The van der Waals surface area contributed by atoms with Gasteiger partial charge in [0.05, 0.1) is 25.3 Å². The van der Waals surface area contributed by atoms with Crippen molar-refractivity contribution in [2.24, 2.45) is 5.92 Å². The van der Waals surface area contributed by atoms with E-state index in [0.29, 0.717) is 47.5 Å². The summed E-state index contributed by atoms with van der Waals surface area (Å²) in [4.78, 5) is 25.3. The van der Waals surface area contributed by atoms with Gasteiger partial charge in [0, 0.05) is 5.70 Å². The average Bonchev–Trinajstić information content (AvgIpc) is 2.86. The number of hydrogen-bond acceptors (Lipinski definition) is 5. The molecular formula is C27H32N2O5. The largest absolute Gasteiger partial charge is 0.493 e. The Morgan fingerprint density at radius 1 is 1.03 bits per heavy atom. The van der Waals surface area contributed by atoms with Crippen LogP contribution in [-0.2, 0) is 16.1 Å². The smallest absolute Gasteiger partial charge is 0.338 e. The van der Waals surface area contributed by atoms with Gasteiger partial charge in [-0.2, -0.15) is 0 Å². The standard InChI is InChI=1S/C27H32N2O5/c1-18-24(26(30)34-17-20-11-7-4-8-12-20)25(29-27(31)28-18)21-13-14-22(23(15-21)32-2)33-16-19-9-5-3-6-10-19/h3,5-6,9-10,13-15,20,25H,4,7-8,11-12,16-17H2,1-2H3,(H2,28,29,31)/t25-/m1/s1. The maximum absolute atomic E-state index is 13.1. The molecule has 2 N–H and O–H groups in total. The van der Waals surface area contributed by atoms with Crippen LogP contribution in [0.2, 0.25) is 0 Å². The minimum Gasteiger partial charge on any atom is -0.493 e. The fraction of sp³-hybridized carbons (Fsp3) is 0.407. The molecule has 0 aromatic heterocycles. The van der Waals surface area contributed by atoms with Gasteiger partial charge in [0.25, 0.3) is 0 Å². The molecule has 7 heteroatoms. The van der Waals surface area contributed by atoms with Crippen molar-refractivity contribution < 1.29 is 23.8 Å². The van der Waals surface area contributed by atoms with E-state index in [1.165, 1.54) is 19.3 Å². The average molecular weight is 465 g/mol. The topological polar surface area (TPSA) is 85.9 Å². The molecule has 0 spiro atoms. The molecule has 2 aliphatic rings. The van der Waals surface area contributed by atoms with Gasteiger partial charge in [-0.25, -0.2) is 9.59 Å². The number of carbonyl (C=O) groups is 2. The van der Waals surface area contributed by atoms with Gasteiger partial charge in [-0.1, -0.05) is 55.7 Å². The summed E-state index contributed by atoms with van der Waals surface area (Å²) in [5, 5.41) is 5.55. The zero-order valence-corrected chi connectivity index (χ0v) is 19.8. The third-order valence-corrected chi connectivity index (χ3v) is 6.42. The number of carbonyl (C=O) groups excluding carboxylic acids is 2. The molecule has 1 aliphatic carbocycles. The van der Waals surface area contributed by atoms with Gasteiger partial charge in [-0.05, 0) is 48.9 Å². The highest BCUT2D eigenvalue weighted by Gasteiger charge is 2.33. The van der Waals surface area contributed by atoms with E-state index in [0.717, 1.165) is 18.4 Å². The number of allylic oxidation sites excluding steroid dienone is 1. The predicted octanol–water partition coefficient (Wildman–Crippen LogP) is 5.03. The van der Waals surface area contributed by atoms with Gasteiger partial charge in [-0.3, -0.25) is 0 Å². The fourth-order valence-electron chi connectivity index (χ4n) is 4.56. The van der Waals surface area contributed by atoms with E-state index in [-0.39, 0.29) is 6.03 Å². The van der Waals surface area contributed by atoms with Gasteiger partial charge in [-0.15, -0.1) is 0 Å². The van der Waals surface area contributed by atoms with E-state index in [1.807, 2.05) is 36.4 Å². The number of benzene rings is 2. The third kappa shape index (κ3) is 5.71. The predicted molar refractivity (Wildman–Crippen MR) is 128 cm³/mol. The Labute approximate surface area is 200 Å². The van der Waals surface area contributed by atoms with Crippen LogP contribution in [0.5, 0.6) is 11.5 Å². The lowest BCUT2D eigenvalue weighted by atomic mass is 9.90. The molecule has 4 rings (SSSR count). The van der Waals surface area contributed by atoms with E-state index in [2.05, 4.69) is 10.6 Å². The van der Waals surface area contributed by atoms with Gasteiger partial charge in [0.2, 0.25) is 0 Å². The molecule has 1 fully saturated rings. The number of methoxy groups -OCH3 is 1. The van der Waals surface area contributed by atoms with Crippen molar-refractivity contribution in [3.8, 4) is 11.5 Å². The molecule has 2 aromatic rings. The van der Waals surface area contributed by atoms with Crippen LogP contribution in [0.1, 0.15) is 56.2 Å². The Morgan fingerprint density at radius 3 is 2.53 bits per heavy atom. The number of esters is 1. The van der Waals surface area contributed by atoms with E-state index in [4.69, 9.17) is 14.2 Å². The molecular weight excluding hydrogens is 432 g/mol. The van der Waals surface area contributed by atoms with Gasteiger partial charge in [0.1, 0.15) is 6.61 Å². The van der Waals surface area contributed by atoms with Crippen molar-refractivity contribution in [2.75, 3.05) is 13.7 Å². The molecule has 7 nitrogen and oxygen atoms in total. The van der Waals surface area contributed by atoms with Gasteiger partial charge >= 0.3 is 12.0 Å². The minimum absolute atomic E-state index is 0.366. The molecule has 34 heavy (non-hydrogen) atoms. The van der Waals surface area contributed by atoms with Crippen LogP contribution in [0.15, 0.2) is 59.8 Å². The van der Waals surface area contributed by atoms with E-state index >= 15 is 0 Å². The number of amides is 2. The normalized spacial score (nSPS) is 18.6. The first-order valence-electron chi connectivity index (χ1n) is 11.8. The maximum Gasteiger partial charge on any atom is 0.338 e. The first-order valence-corrected chi connectivity index (χ1v) is 11.8. The van der Waals surface area contributed by atoms with Crippen LogP contribution in [-0.4, -0.2) is 25.7 Å². The Kier molecular flexibility index (Phi) is 7.72. The van der Waals surface area contributed by atoms with Crippen LogP contribution in [0.4, 0.5) is 4.79 Å². The van der Waals surface area contributed by atoms with Crippen molar-refractivity contribution in [1.29, 1.82) is 0 Å². The summed E-state index contributed by atoms with van der Waals surface area (Å²) in [7, 11) is 1.57. The van der Waals surface area contributed by atoms with Crippen molar-refractivity contribution in [2.45, 2.75) is 51.7 Å². The molecule has 0 unspecified atom stereocenters. The molecule has 0 saturated heterocycles. The lowest BCUT2D eigenvalue weighted by Crippen LogP contribution is -2.45. The van der Waals surface area contributed by atoms with Crippen molar-refractivity contribution in [1.82, 2.24) is 10.6 Å². The Balaban J connectivity index is 1.52. The summed E-state index contributed by atoms with van der Waals surface area (Å²) in [5.74, 6) is 1.10. The van der Waals surface area contributed by atoms with Crippen LogP contribution in [0.3, 0.4) is 0 Å². The highest BCUT2D eigenvalue weighted by Crippen LogP contribution is 2.35. The number of urea groups is 1. The molecule has 0 bridgehead atoms. The molecule has 1 saturated carbocycles. The number of hydrogen-bond donors (Lipinski definition) is 2. The van der Waals surface area contributed by atoms with Crippen LogP contribution in [0, 0.1) is 5.92 Å². The van der Waals surface area contributed by atoms with Crippen LogP contribution < -0.4 is 20.1 Å². The van der Waals surface area contributed by atoms with Gasteiger partial charge < -0.3 is 24.8 Å².